The van der Waals surface area contributed by atoms with Gasteiger partial charge >= 0.3 is 0 Å². The van der Waals surface area contributed by atoms with E-state index < -0.39 is 10.0 Å². The number of hydrogen-bond donors (Lipinski definition) is 2. The average Bonchev–Trinajstić information content (AvgIpc) is 2.55. The van der Waals surface area contributed by atoms with Crippen molar-refractivity contribution in [2.45, 2.75) is 31.6 Å². The van der Waals surface area contributed by atoms with E-state index in [2.05, 4.69) is 22.2 Å². The maximum atomic E-state index is 12.6. The van der Waals surface area contributed by atoms with Crippen molar-refractivity contribution in [3.63, 3.8) is 0 Å². The maximum absolute atomic E-state index is 12.6. The normalized spacial score (nSPS) is 15.8. The average molecular weight is 372 g/mol. The molecule has 0 radical (unpaired) electrons. The quantitative estimate of drug-likeness (QED) is 0.817. The highest BCUT2D eigenvalue weighted by Gasteiger charge is 2.38. The number of carbonyl (C=O) groups is 1. The Kier molecular flexibility index (Phi) is 5.05. The second kappa shape index (κ2) is 7.11. The van der Waals surface area contributed by atoms with Gasteiger partial charge in [-0.3, -0.25) is 9.52 Å². The Bertz CT molecular complexity index is 904. The SMILES string of the molecule is Cc1ccc(C(=O)NCC2(c3ccccc3)CCC2)cc1NS(C)(=O)=O. The Morgan fingerprint density at radius 1 is 1.12 bits per heavy atom. The number of sulfonamides is 1. The van der Waals surface area contributed by atoms with Crippen LogP contribution in [0.15, 0.2) is 48.5 Å². The lowest BCUT2D eigenvalue weighted by Crippen LogP contribution is -2.45. The van der Waals surface area contributed by atoms with Crippen LogP contribution in [0.3, 0.4) is 0 Å². The third-order valence-corrected chi connectivity index (χ3v) is 5.67. The summed E-state index contributed by atoms with van der Waals surface area (Å²) in [6.45, 7) is 2.38. The summed E-state index contributed by atoms with van der Waals surface area (Å²) in [5.41, 5.74) is 2.92. The molecule has 2 aromatic rings. The molecule has 0 bridgehead atoms. The fourth-order valence-corrected chi connectivity index (χ4v) is 4.01. The topological polar surface area (TPSA) is 75.3 Å². The Morgan fingerprint density at radius 2 is 1.81 bits per heavy atom. The molecular formula is C20H24N2O3S. The van der Waals surface area contributed by atoms with E-state index >= 15 is 0 Å². The predicted octanol–water partition coefficient (Wildman–Crippen LogP) is 3.22. The van der Waals surface area contributed by atoms with Gasteiger partial charge in [0.2, 0.25) is 10.0 Å². The first-order valence-electron chi connectivity index (χ1n) is 8.71. The van der Waals surface area contributed by atoms with Crippen LogP contribution in [0, 0.1) is 6.92 Å². The van der Waals surface area contributed by atoms with Crippen LogP contribution in [-0.4, -0.2) is 27.1 Å². The summed E-state index contributed by atoms with van der Waals surface area (Å²) in [6.07, 6.45) is 4.38. The number of aryl methyl sites for hydroxylation is 1. The van der Waals surface area contributed by atoms with Gasteiger partial charge in [-0.2, -0.15) is 0 Å². The molecule has 3 rings (SSSR count). The van der Waals surface area contributed by atoms with Crippen LogP contribution in [0.25, 0.3) is 0 Å². The molecule has 0 aromatic heterocycles. The number of hydrogen-bond acceptors (Lipinski definition) is 3. The van der Waals surface area contributed by atoms with Crippen molar-refractivity contribution < 1.29 is 13.2 Å². The molecule has 1 saturated carbocycles. The summed E-state index contributed by atoms with van der Waals surface area (Å²) in [5, 5.41) is 3.03. The van der Waals surface area contributed by atoms with E-state index in [4.69, 9.17) is 0 Å². The van der Waals surface area contributed by atoms with Gasteiger partial charge in [0.25, 0.3) is 5.91 Å². The van der Waals surface area contributed by atoms with E-state index in [1.54, 1.807) is 25.1 Å². The van der Waals surface area contributed by atoms with Crippen LogP contribution < -0.4 is 10.0 Å². The van der Waals surface area contributed by atoms with Crippen LogP contribution in [0.4, 0.5) is 5.69 Å². The molecule has 6 heteroatoms. The third-order valence-electron chi connectivity index (χ3n) is 5.08. The highest BCUT2D eigenvalue weighted by Crippen LogP contribution is 2.43. The monoisotopic (exact) mass is 372 g/mol. The Balaban J connectivity index is 1.73. The van der Waals surface area contributed by atoms with Crippen molar-refractivity contribution in [1.82, 2.24) is 5.32 Å². The summed E-state index contributed by atoms with van der Waals surface area (Å²) in [4.78, 5) is 12.6. The van der Waals surface area contributed by atoms with Crippen molar-refractivity contribution in [2.75, 3.05) is 17.5 Å². The molecule has 1 aliphatic carbocycles. The lowest BCUT2D eigenvalue weighted by atomic mass is 9.64. The molecule has 2 aromatic carbocycles. The van der Waals surface area contributed by atoms with Crippen LogP contribution in [0.2, 0.25) is 0 Å². The fraction of sp³-hybridized carbons (Fsp3) is 0.350. The summed E-state index contributed by atoms with van der Waals surface area (Å²) in [6, 6.07) is 15.3. The minimum absolute atomic E-state index is 0.00938. The van der Waals surface area contributed by atoms with Crippen molar-refractivity contribution in [2.24, 2.45) is 0 Å². The molecular weight excluding hydrogens is 348 g/mol. The van der Waals surface area contributed by atoms with Gasteiger partial charge in [0.1, 0.15) is 0 Å². The molecule has 0 heterocycles. The fourth-order valence-electron chi connectivity index (χ4n) is 3.39. The molecule has 0 unspecified atom stereocenters. The van der Waals surface area contributed by atoms with Crippen molar-refractivity contribution in [3.05, 3.63) is 65.2 Å². The summed E-state index contributed by atoms with van der Waals surface area (Å²) >= 11 is 0. The van der Waals surface area contributed by atoms with Crippen molar-refractivity contribution >= 4 is 21.6 Å². The van der Waals surface area contributed by atoms with Crippen molar-refractivity contribution in [1.29, 1.82) is 0 Å². The highest BCUT2D eigenvalue weighted by atomic mass is 32.2. The number of nitrogens with one attached hydrogen (secondary N) is 2. The minimum Gasteiger partial charge on any atom is -0.351 e. The van der Waals surface area contributed by atoms with E-state index in [1.165, 1.54) is 5.56 Å². The molecule has 1 fully saturated rings. The first-order chi connectivity index (χ1) is 12.3. The van der Waals surface area contributed by atoms with Crippen LogP contribution in [0.1, 0.15) is 40.7 Å². The molecule has 1 amide bonds. The molecule has 2 N–H and O–H groups in total. The molecule has 5 nitrogen and oxygen atoms in total. The number of carbonyl (C=O) groups excluding carboxylic acids is 1. The molecule has 0 spiro atoms. The number of amides is 1. The Hall–Kier alpha value is -2.34. The summed E-state index contributed by atoms with van der Waals surface area (Å²) in [7, 11) is -3.39. The van der Waals surface area contributed by atoms with E-state index in [9.17, 15) is 13.2 Å². The lowest BCUT2D eigenvalue weighted by Gasteiger charge is -2.42. The number of anilines is 1. The van der Waals surface area contributed by atoms with Crippen molar-refractivity contribution in [3.8, 4) is 0 Å². The zero-order chi connectivity index (χ0) is 18.8. The highest BCUT2D eigenvalue weighted by molar-refractivity contribution is 7.92. The molecule has 138 valence electrons. The first-order valence-corrected chi connectivity index (χ1v) is 10.6. The van der Waals surface area contributed by atoms with E-state index in [1.807, 2.05) is 18.2 Å². The van der Waals surface area contributed by atoms with Gasteiger partial charge in [-0.15, -0.1) is 0 Å². The van der Waals surface area contributed by atoms with Gasteiger partial charge in [-0.05, 0) is 43.0 Å². The maximum Gasteiger partial charge on any atom is 0.251 e. The standard InChI is InChI=1S/C20H24N2O3S/c1-15-9-10-16(13-18(15)22-26(2,24)25)19(23)21-14-20(11-6-12-20)17-7-4-3-5-8-17/h3-5,7-10,13,22H,6,11-12,14H2,1-2H3,(H,21,23). The van der Waals surface area contributed by atoms with E-state index in [0.29, 0.717) is 17.8 Å². The van der Waals surface area contributed by atoms with E-state index in [0.717, 1.165) is 31.1 Å². The zero-order valence-electron chi connectivity index (χ0n) is 15.1. The van der Waals surface area contributed by atoms with Crippen LogP contribution in [0.5, 0.6) is 0 Å². The van der Waals surface area contributed by atoms with Crippen LogP contribution in [-0.2, 0) is 15.4 Å². The molecule has 26 heavy (non-hydrogen) atoms. The van der Waals surface area contributed by atoms with Gasteiger partial charge < -0.3 is 5.32 Å². The smallest absolute Gasteiger partial charge is 0.251 e. The predicted molar refractivity (Wildman–Crippen MR) is 104 cm³/mol. The lowest BCUT2D eigenvalue weighted by molar-refractivity contribution is 0.0928. The second-order valence-electron chi connectivity index (χ2n) is 7.09. The molecule has 0 aliphatic heterocycles. The Labute approximate surface area is 154 Å². The van der Waals surface area contributed by atoms with E-state index in [-0.39, 0.29) is 11.3 Å². The number of benzene rings is 2. The second-order valence-corrected chi connectivity index (χ2v) is 8.83. The summed E-state index contributed by atoms with van der Waals surface area (Å²) in [5.74, 6) is -0.191. The van der Waals surface area contributed by atoms with Gasteiger partial charge in [0.15, 0.2) is 0 Å². The van der Waals surface area contributed by atoms with Gasteiger partial charge in [0.05, 0.1) is 11.9 Å². The third kappa shape index (κ3) is 4.07. The zero-order valence-corrected chi connectivity index (χ0v) is 15.9. The Morgan fingerprint density at radius 3 is 2.38 bits per heavy atom. The summed E-state index contributed by atoms with van der Waals surface area (Å²) < 4.78 is 25.4. The first kappa shape index (κ1) is 18.5. The number of rotatable bonds is 6. The van der Waals surface area contributed by atoms with Gasteiger partial charge in [0, 0.05) is 17.5 Å². The van der Waals surface area contributed by atoms with Crippen LogP contribution >= 0.6 is 0 Å². The molecule has 0 saturated heterocycles. The minimum atomic E-state index is -3.39. The molecule has 1 aliphatic rings. The van der Waals surface area contributed by atoms with Gasteiger partial charge in [-0.25, -0.2) is 8.42 Å². The molecule has 0 atom stereocenters. The van der Waals surface area contributed by atoms with Gasteiger partial charge in [-0.1, -0.05) is 42.8 Å². The largest absolute Gasteiger partial charge is 0.351 e.